The summed E-state index contributed by atoms with van der Waals surface area (Å²) in [5, 5.41) is 0. The fourth-order valence-corrected chi connectivity index (χ4v) is 2.34. The lowest BCUT2D eigenvalue weighted by molar-refractivity contribution is -0.130. The Hall–Kier alpha value is -2.04. The first-order valence-corrected chi connectivity index (χ1v) is 6.88. The third-order valence-corrected chi connectivity index (χ3v) is 3.70. The van der Waals surface area contributed by atoms with Gasteiger partial charge in [-0.25, -0.2) is 0 Å². The third kappa shape index (κ3) is 3.10. The minimum atomic E-state index is -0.177. The molecule has 0 spiro atoms. The zero-order valence-electron chi connectivity index (χ0n) is 12.1. The summed E-state index contributed by atoms with van der Waals surface area (Å²) in [6.07, 6.45) is 2.11. The van der Waals surface area contributed by atoms with Crippen molar-refractivity contribution in [2.24, 2.45) is 0 Å². The van der Waals surface area contributed by atoms with E-state index >= 15 is 0 Å². The van der Waals surface area contributed by atoms with Gasteiger partial charge in [0.25, 0.3) is 5.91 Å². The Morgan fingerprint density at radius 1 is 1.30 bits per heavy atom. The maximum atomic E-state index is 12.3. The average Bonchev–Trinajstić information content (AvgIpc) is 2.95. The highest BCUT2D eigenvalue weighted by atomic mass is 16.2. The Morgan fingerprint density at radius 3 is 2.55 bits per heavy atom. The molecule has 0 aliphatic carbocycles. The Kier molecular flexibility index (Phi) is 4.27. The van der Waals surface area contributed by atoms with Crippen molar-refractivity contribution >= 4 is 17.5 Å². The van der Waals surface area contributed by atoms with Crippen molar-refractivity contribution in [1.82, 2.24) is 9.80 Å². The lowest BCUT2D eigenvalue weighted by Crippen LogP contribution is -2.39. The molecule has 1 aliphatic rings. The van der Waals surface area contributed by atoms with Crippen LogP contribution in [0.15, 0.2) is 18.2 Å². The maximum absolute atomic E-state index is 12.3. The molecule has 5 nitrogen and oxygen atoms in total. The normalized spacial score (nSPS) is 14.4. The van der Waals surface area contributed by atoms with Gasteiger partial charge >= 0.3 is 0 Å². The summed E-state index contributed by atoms with van der Waals surface area (Å²) in [6, 6.07) is 5.22. The number of amides is 2. The molecular formula is C15H21N3O2. The van der Waals surface area contributed by atoms with E-state index in [0.29, 0.717) is 11.3 Å². The van der Waals surface area contributed by atoms with Crippen LogP contribution in [0.4, 0.5) is 5.69 Å². The van der Waals surface area contributed by atoms with Gasteiger partial charge in [-0.2, -0.15) is 0 Å². The van der Waals surface area contributed by atoms with Crippen molar-refractivity contribution in [3.8, 4) is 0 Å². The van der Waals surface area contributed by atoms with Gasteiger partial charge < -0.3 is 15.5 Å². The molecule has 1 aliphatic heterocycles. The Balaban J connectivity index is 2.00. The quantitative estimate of drug-likeness (QED) is 0.845. The van der Waals surface area contributed by atoms with Gasteiger partial charge in [0.1, 0.15) is 0 Å². The van der Waals surface area contributed by atoms with Gasteiger partial charge in [-0.15, -0.1) is 0 Å². The molecule has 0 unspecified atom stereocenters. The second-order valence-electron chi connectivity index (χ2n) is 5.32. The molecule has 1 saturated heterocycles. The van der Waals surface area contributed by atoms with E-state index < -0.39 is 0 Å². The highest BCUT2D eigenvalue weighted by Gasteiger charge is 2.21. The average molecular weight is 275 g/mol. The van der Waals surface area contributed by atoms with Crippen molar-refractivity contribution in [3.63, 3.8) is 0 Å². The lowest BCUT2D eigenvalue weighted by Gasteiger charge is -2.21. The van der Waals surface area contributed by atoms with Crippen molar-refractivity contribution in [3.05, 3.63) is 29.3 Å². The van der Waals surface area contributed by atoms with Crippen molar-refractivity contribution in [2.45, 2.75) is 19.8 Å². The predicted octanol–water partition coefficient (Wildman–Crippen LogP) is 1.27. The Bertz CT molecular complexity index is 522. The van der Waals surface area contributed by atoms with Crippen molar-refractivity contribution < 1.29 is 9.59 Å². The number of aryl methyl sites for hydroxylation is 1. The third-order valence-electron chi connectivity index (χ3n) is 3.70. The lowest BCUT2D eigenvalue weighted by atomic mass is 10.1. The number of nitrogens with two attached hydrogens (primary N) is 1. The number of benzene rings is 1. The molecule has 5 heteroatoms. The summed E-state index contributed by atoms with van der Waals surface area (Å²) < 4.78 is 0. The molecule has 1 heterocycles. The van der Waals surface area contributed by atoms with E-state index in [1.54, 1.807) is 19.2 Å². The van der Waals surface area contributed by atoms with Gasteiger partial charge in [-0.1, -0.05) is 6.07 Å². The standard InChI is InChI=1S/C15H21N3O2/c1-11-5-6-12(9-13(11)16)15(20)17(2)10-14(19)18-7-3-4-8-18/h5-6,9H,3-4,7-8,10,16H2,1-2H3. The van der Waals surface area contributed by atoms with E-state index in [0.717, 1.165) is 31.5 Å². The summed E-state index contributed by atoms with van der Waals surface area (Å²) in [6.45, 7) is 3.62. The molecule has 1 fully saturated rings. The highest BCUT2D eigenvalue weighted by molar-refractivity contribution is 5.97. The molecular weight excluding hydrogens is 254 g/mol. The molecule has 0 atom stereocenters. The number of likely N-dealkylation sites (N-methyl/N-ethyl adjacent to an activating group) is 1. The smallest absolute Gasteiger partial charge is 0.254 e. The van der Waals surface area contributed by atoms with Crippen LogP contribution in [-0.2, 0) is 4.79 Å². The zero-order chi connectivity index (χ0) is 14.7. The molecule has 0 bridgehead atoms. The molecule has 2 N–H and O–H groups in total. The molecule has 108 valence electrons. The molecule has 2 amide bonds. The first-order valence-electron chi connectivity index (χ1n) is 6.88. The number of likely N-dealkylation sites (tertiary alicyclic amines) is 1. The van der Waals surface area contributed by atoms with Crippen LogP contribution in [0.3, 0.4) is 0 Å². The van der Waals surface area contributed by atoms with E-state index in [2.05, 4.69) is 0 Å². The maximum Gasteiger partial charge on any atom is 0.254 e. The summed E-state index contributed by atoms with van der Waals surface area (Å²) in [4.78, 5) is 27.5. The van der Waals surface area contributed by atoms with E-state index in [-0.39, 0.29) is 18.4 Å². The summed E-state index contributed by atoms with van der Waals surface area (Å²) in [7, 11) is 1.65. The highest BCUT2D eigenvalue weighted by Crippen LogP contribution is 2.14. The van der Waals surface area contributed by atoms with Crippen LogP contribution >= 0.6 is 0 Å². The van der Waals surface area contributed by atoms with Crippen LogP contribution < -0.4 is 5.73 Å². The fraction of sp³-hybridized carbons (Fsp3) is 0.467. The largest absolute Gasteiger partial charge is 0.398 e. The van der Waals surface area contributed by atoms with Crippen LogP contribution in [0.1, 0.15) is 28.8 Å². The van der Waals surface area contributed by atoms with Gasteiger partial charge in [-0.3, -0.25) is 9.59 Å². The van der Waals surface area contributed by atoms with Crippen LogP contribution in [0.5, 0.6) is 0 Å². The second kappa shape index (κ2) is 5.94. The minimum absolute atomic E-state index is 0.0124. The zero-order valence-corrected chi connectivity index (χ0v) is 12.1. The van der Waals surface area contributed by atoms with Gasteiger partial charge in [0.05, 0.1) is 6.54 Å². The molecule has 2 rings (SSSR count). The summed E-state index contributed by atoms with van der Waals surface area (Å²) in [5.41, 5.74) is 7.87. The monoisotopic (exact) mass is 275 g/mol. The van der Waals surface area contributed by atoms with Crippen LogP contribution in [-0.4, -0.2) is 48.3 Å². The molecule has 1 aromatic rings. The molecule has 0 radical (unpaired) electrons. The number of nitrogen functional groups attached to an aromatic ring is 1. The summed E-state index contributed by atoms with van der Waals surface area (Å²) >= 11 is 0. The van der Waals surface area contributed by atoms with Crippen molar-refractivity contribution in [1.29, 1.82) is 0 Å². The number of nitrogens with zero attached hydrogens (tertiary/aromatic N) is 2. The number of rotatable bonds is 3. The van der Waals surface area contributed by atoms with Gasteiger partial charge in [0, 0.05) is 31.4 Å². The topological polar surface area (TPSA) is 66.6 Å². The first-order chi connectivity index (χ1) is 9.49. The molecule has 20 heavy (non-hydrogen) atoms. The van der Waals surface area contributed by atoms with Crippen LogP contribution in [0.2, 0.25) is 0 Å². The van der Waals surface area contributed by atoms with E-state index in [1.807, 2.05) is 17.9 Å². The predicted molar refractivity (Wildman–Crippen MR) is 78.4 cm³/mol. The Labute approximate surface area is 119 Å². The van der Waals surface area contributed by atoms with Crippen LogP contribution in [0, 0.1) is 6.92 Å². The van der Waals surface area contributed by atoms with Gasteiger partial charge in [-0.05, 0) is 37.5 Å². The number of anilines is 1. The SMILES string of the molecule is Cc1ccc(C(=O)N(C)CC(=O)N2CCCC2)cc1N. The molecule has 0 aromatic heterocycles. The van der Waals surface area contributed by atoms with E-state index in [1.165, 1.54) is 4.90 Å². The van der Waals surface area contributed by atoms with E-state index in [9.17, 15) is 9.59 Å². The number of carbonyl (C=O) groups excluding carboxylic acids is 2. The summed E-state index contributed by atoms with van der Waals surface area (Å²) in [5.74, 6) is -0.164. The second-order valence-corrected chi connectivity index (χ2v) is 5.32. The number of carbonyl (C=O) groups is 2. The number of hydrogen-bond acceptors (Lipinski definition) is 3. The number of hydrogen-bond donors (Lipinski definition) is 1. The fourth-order valence-electron chi connectivity index (χ4n) is 2.34. The van der Waals surface area contributed by atoms with Gasteiger partial charge in [0.2, 0.25) is 5.91 Å². The van der Waals surface area contributed by atoms with Crippen LogP contribution in [0.25, 0.3) is 0 Å². The minimum Gasteiger partial charge on any atom is -0.398 e. The van der Waals surface area contributed by atoms with E-state index in [4.69, 9.17) is 5.73 Å². The van der Waals surface area contributed by atoms with Crippen molar-refractivity contribution in [2.75, 3.05) is 32.4 Å². The first kappa shape index (κ1) is 14.4. The Morgan fingerprint density at radius 2 is 1.95 bits per heavy atom. The molecule has 1 aromatic carbocycles. The van der Waals surface area contributed by atoms with Gasteiger partial charge in [0.15, 0.2) is 0 Å². The molecule has 0 saturated carbocycles.